The average Bonchev–Trinajstić information content (AvgIpc) is 2.45. The highest BCUT2D eigenvalue weighted by Crippen LogP contribution is 2.46. The zero-order valence-electron chi connectivity index (χ0n) is 12.2. The molecule has 0 bridgehead atoms. The van der Waals surface area contributed by atoms with Crippen molar-refractivity contribution in [2.45, 2.75) is 18.9 Å². The Morgan fingerprint density at radius 2 is 1.65 bits per heavy atom. The summed E-state index contributed by atoms with van der Waals surface area (Å²) in [7, 11) is -4.84. The SMILES string of the molecule is CC(c1ccc(O)cc1)C(O)c1c(O)cccc1OP(=O)(O)O. The van der Waals surface area contributed by atoms with Gasteiger partial charge < -0.3 is 19.8 Å². The van der Waals surface area contributed by atoms with Crippen LogP contribution in [0, 0.1) is 0 Å². The molecule has 0 aliphatic heterocycles. The molecule has 0 fully saturated rings. The van der Waals surface area contributed by atoms with Crippen molar-refractivity contribution < 1.29 is 34.2 Å². The Kier molecular flexibility index (Phi) is 4.97. The molecule has 0 radical (unpaired) electrons. The molecule has 0 aliphatic rings. The van der Waals surface area contributed by atoms with Gasteiger partial charge in [-0.1, -0.05) is 25.1 Å². The Balaban J connectivity index is 2.40. The summed E-state index contributed by atoms with van der Waals surface area (Å²) in [5.74, 6) is -1.09. The molecule has 2 atom stereocenters. The molecule has 0 spiro atoms. The van der Waals surface area contributed by atoms with Crippen molar-refractivity contribution in [3.8, 4) is 17.2 Å². The van der Waals surface area contributed by atoms with E-state index in [0.717, 1.165) is 0 Å². The largest absolute Gasteiger partial charge is 0.524 e. The van der Waals surface area contributed by atoms with Crippen LogP contribution in [0.4, 0.5) is 0 Å². The van der Waals surface area contributed by atoms with E-state index >= 15 is 0 Å². The zero-order chi connectivity index (χ0) is 17.2. The fourth-order valence-electron chi connectivity index (χ4n) is 2.25. The van der Waals surface area contributed by atoms with Crippen LogP contribution in [0.25, 0.3) is 0 Å². The second-order valence-electron chi connectivity index (χ2n) is 5.10. The van der Waals surface area contributed by atoms with Crippen LogP contribution in [0.1, 0.15) is 30.1 Å². The fourth-order valence-corrected chi connectivity index (χ4v) is 2.66. The monoisotopic (exact) mass is 340 g/mol. The topological polar surface area (TPSA) is 127 Å². The molecule has 0 heterocycles. The van der Waals surface area contributed by atoms with E-state index in [1.807, 2.05) is 0 Å². The van der Waals surface area contributed by atoms with E-state index in [1.165, 1.54) is 30.3 Å². The lowest BCUT2D eigenvalue weighted by atomic mass is 9.90. The quantitative estimate of drug-likeness (QED) is 0.529. The third kappa shape index (κ3) is 4.24. The standard InChI is InChI=1S/C15H17O7P/c1-9(10-5-7-11(16)8-6-10)15(18)14-12(17)3-2-4-13(14)22-23(19,20)21/h2-9,15-18H,1H3,(H2,19,20,21). The van der Waals surface area contributed by atoms with Gasteiger partial charge in [0, 0.05) is 5.92 Å². The number of hydrogen-bond donors (Lipinski definition) is 5. The first-order valence-electron chi connectivity index (χ1n) is 6.73. The molecule has 23 heavy (non-hydrogen) atoms. The highest BCUT2D eigenvalue weighted by atomic mass is 31.2. The maximum Gasteiger partial charge on any atom is 0.524 e. The molecule has 2 rings (SSSR count). The maximum atomic E-state index is 11.0. The summed E-state index contributed by atoms with van der Waals surface area (Å²) in [5, 5.41) is 29.8. The predicted octanol–water partition coefficient (Wildman–Crippen LogP) is 2.41. The first-order valence-corrected chi connectivity index (χ1v) is 8.26. The highest BCUT2D eigenvalue weighted by Gasteiger charge is 2.28. The summed E-state index contributed by atoms with van der Waals surface area (Å²) in [4.78, 5) is 17.9. The third-order valence-electron chi connectivity index (χ3n) is 3.45. The number of aromatic hydroxyl groups is 2. The average molecular weight is 340 g/mol. The van der Waals surface area contributed by atoms with E-state index in [2.05, 4.69) is 4.52 Å². The van der Waals surface area contributed by atoms with Crippen LogP contribution in [-0.2, 0) is 4.57 Å². The van der Waals surface area contributed by atoms with Crippen molar-refractivity contribution >= 4 is 7.82 Å². The van der Waals surface area contributed by atoms with E-state index in [0.29, 0.717) is 5.56 Å². The van der Waals surface area contributed by atoms with Gasteiger partial charge in [0.25, 0.3) is 0 Å². The third-order valence-corrected chi connectivity index (χ3v) is 3.88. The van der Waals surface area contributed by atoms with Crippen LogP contribution in [0.2, 0.25) is 0 Å². The molecule has 5 N–H and O–H groups in total. The second kappa shape index (κ2) is 6.60. The van der Waals surface area contributed by atoms with Crippen LogP contribution < -0.4 is 4.52 Å². The molecule has 8 heteroatoms. The van der Waals surface area contributed by atoms with E-state index in [9.17, 15) is 19.9 Å². The molecule has 2 aromatic carbocycles. The Hall–Kier alpha value is -2.05. The minimum atomic E-state index is -4.84. The molecule has 2 aromatic rings. The summed E-state index contributed by atoms with van der Waals surface area (Å²) in [6, 6.07) is 10.0. The van der Waals surface area contributed by atoms with Gasteiger partial charge in [-0.25, -0.2) is 4.57 Å². The van der Waals surface area contributed by atoms with Crippen molar-refractivity contribution in [2.75, 3.05) is 0 Å². The summed E-state index contributed by atoms with van der Waals surface area (Å²) in [5.41, 5.74) is 0.553. The number of phosphoric ester groups is 1. The highest BCUT2D eigenvalue weighted by molar-refractivity contribution is 7.46. The van der Waals surface area contributed by atoms with Gasteiger partial charge in [0.15, 0.2) is 0 Å². The molecular formula is C15H17O7P. The van der Waals surface area contributed by atoms with E-state index in [4.69, 9.17) is 9.79 Å². The van der Waals surface area contributed by atoms with Gasteiger partial charge in [-0.15, -0.1) is 0 Å². The van der Waals surface area contributed by atoms with Crippen LogP contribution in [-0.4, -0.2) is 25.1 Å². The number of phenolic OH excluding ortho intramolecular Hbond substituents is 2. The van der Waals surface area contributed by atoms with Gasteiger partial charge >= 0.3 is 7.82 Å². The number of phosphoric acid groups is 1. The van der Waals surface area contributed by atoms with Gasteiger partial charge in [-0.2, -0.15) is 0 Å². The smallest absolute Gasteiger partial charge is 0.508 e. The summed E-state index contributed by atoms with van der Waals surface area (Å²) < 4.78 is 15.6. The molecule has 0 aliphatic carbocycles. The van der Waals surface area contributed by atoms with E-state index < -0.39 is 19.8 Å². The van der Waals surface area contributed by atoms with Gasteiger partial charge in [0.1, 0.15) is 17.2 Å². The van der Waals surface area contributed by atoms with Crippen LogP contribution in [0.15, 0.2) is 42.5 Å². The molecule has 2 unspecified atom stereocenters. The maximum absolute atomic E-state index is 11.0. The predicted molar refractivity (Wildman–Crippen MR) is 82.3 cm³/mol. The molecule has 0 amide bonds. The molecule has 0 aromatic heterocycles. The van der Waals surface area contributed by atoms with Crippen molar-refractivity contribution in [3.05, 3.63) is 53.6 Å². The molecule has 0 saturated carbocycles. The van der Waals surface area contributed by atoms with Crippen LogP contribution >= 0.6 is 7.82 Å². The number of aliphatic hydroxyl groups excluding tert-OH is 1. The lowest BCUT2D eigenvalue weighted by Crippen LogP contribution is -2.09. The molecule has 124 valence electrons. The molecular weight excluding hydrogens is 323 g/mol. The summed E-state index contributed by atoms with van der Waals surface area (Å²) in [6.45, 7) is 1.67. The minimum absolute atomic E-state index is 0.0727. The Labute approximate surface area is 132 Å². The Morgan fingerprint density at radius 1 is 1.04 bits per heavy atom. The lowest BCUT2D eigenvalue weighted by Gasteiger charge is -2.23. The van der Waals surface area contributed by atoms with Crippen molar-refractivity contribution in [1.29, 1.82) is 0 Å². The van der Waals surface area contributed by atoms with E-state index in [-0.39, 0.29) is 22.8 Å². The second-order valence-corrected chi connectivity index (χ2v) is 6.26. The zero-order valence-corrected chi connectivity index (χ0v) is 13.1. The van der Waals surface area contributed by atoms with Crippen LogP contribution in [0.5, 0.6) is 17.2 Å². The lowest BCUT2D eigenvalue weighted by molar-refractivity contribution is 0.145. The number of benzene rings is 2. The van der Waals surface area contributed by atoms with Crippen LogP contribution in [0.3, 0.4) is 0 Å². The van der Waals surface area contributed by atoms with Gasteiger partial charge in [0.05, 0.1) is 11.7 Å². The van der Waals surface area contributed by atoms with Gasteiger partial charge in [-0.05, 0) is 29.8 Å². The van der Waals surface area contributed by atoms with Crippen molar-refractivity contribution in [2.24, 2.45) is 0 Å². The summed E-state index contributed by atoms with van der Waals surface area (Å²) >= 11 is 0. The fraction of sp³-hybridized carbons (Fsp3) is 0.200. The van der Waals surface area contributed by atoms with Gasteiger partial charge in [0.2, 0.25) is 0 Å². The Bertz CT molecular complexity index is 723. The normalized spacial score (nSPS) is 14.3. The van der Waals surface area contributed by atoms with Crippen molar-refractivity contribution in [1.82, 2.24) is 0 Å². The first-order chi connectivity index (χ1) is 10.7. The minimum Gasteiger partial charge on any atom is -0.508 e. The Morgan fingerprint density at radius 3 is 2.22 bits per heavy atom. The summed E-state index contributed by atoms with van der Waals surface area (Å²) in [6.07, 6.45) is -1.28. The number of rotatable bonds is 5. The van der Waals surface area contributed by atoms with E-state index in [1.54, 1.807) is 19.1 Å². The number of phenols is 2. The molecule has 0 saturated heterocycles. The first kappa shape index (κ1) is 17.3. The van der Waals surface area contributed by atoms with Gasteiger partial charge in [-0.3, -0.25) is 9.79 Å². The number of hydrogen-bond acceptors (Lipinski definition) is 5. The van der Waals surface area contributed by atoms with Crippen molar-refractivity contribution in [3.63, 3.8) is 0 Å². The molecule has 7 nitrogen and oxygen atoms in total. The number of aliphatic hydroxyl groups is 1.